The summed E-state index contributed by atoms with van der Waals surface area (Å²) in [6, 6.07) is 5.05. The number of benzene rings is 1. The van der Waals surface area contributed by atoms with Gasteiger partial charge in [0.25, 0.3) is 5.91 Å². The van der Waals surface area contributed by atoms with E-state index < -0.39 is 10.0 Å². The maximum atomic E-state index is 12.3. The van der Waals surface area contributed by atoms with E-state index in [1.807, 2.05) is 20.8 Å². The van der Waals surface area contributed by atoms with Gasteiger partial charge in [0.1, 0.15) is 11.9 Å². The normalized spacial score (nSPS) is 17.9. The molecule has 0 aromatic heterocycles. The third kappa shape index (κ3) is 5.59. The van der Waals surface area contributed by atoms with E-state index >= 15 is 0 Å². The van der Waals surface area contributed by atoms with E-state index in [1.54, 1.807) is 18.2 Å². The number of carbonyl (C=O) groups excluding carboxylic acids is 1. The molecule has 0 saturated carbocycles. The topological polar surface area (TPSA) is 75.7 Å². The van der Waals surface area contributed by atoms with Crippen LogP contribution < -0.4 is 10.1 Å². The second-order valence-corrected chi connectivity index (χ2v) is 9.52. The number of piperidine rings is 1. The number of sulfonamides is 1. The van der Waals surface area contributed by atoms with Crippen LogP contribution in [0, 0.1) is 5.92 Å². The molecule has 6 nitrogen and oxygen atoms in total. The van der Waals surface area contributed by atoms with Crippen LogP contribution in [-0.4, -0.2) is 50.1 Å². The van der Waals surface area contributed by atoms with E-state index in [0.29, 0.717) is 48.2 Å². The standard InChI is InChI=1S/C18H27ClN2O4S/c1-12(2)13(3)20-18(22)14-5-6-17(16(19)11-14)25-15-7-9-21(10-8-15)26(4,23)24/h5-6,11-13,15H,7-10H2,1-4H3,(H,20,22)/t13-/m0/s1. The van der Waals surface area contributed by atoms with Crippen molar-refractivity contribution in [2.24, 2.45) is 5.92 Å². The van der Waals surface area contributed by atoms with Crippen molar-refractivity contribution in [2.45, 2.75) is 45.8 Å². The lowest BCUT2D eigenvalue weighted by atomic mass is 10.1. The van der Waals surface area contributed by atoms with Gasteiger partial charge in [-0.05, 0) is 43.9 Å². The molecule has 0 aliphatic carbocycles. The first-order valence-electron chi connectivity index (χ1n) is 8.80. The van der Waals surface area contributed by atoms with Crippen molar-refractivity contribution in [1.29, 1.82) is 0 Å². The Balaban J connectivity index is 1.97. The molecule has 1 heterocycles. The highest BCUT2D eigenvalue weighted by Gasteiger charge is 2.26. The fourth-order valence-electron chi connectivity index (χ4n) is 2.66. The van der Waals surface area contributed by atoms with Gasteiger partial charge in [0.15, 0.2) is 0 Å². The fourth-order valence-corrected chi connectivity index (χ4v) is 3.75. The highest BCUT2D eigenvalue weighted by atomic mass is 35.5. The Hall–Kier alpha value is -1.31. The van der Waals surface area contributed by atoms with Gasteiger partial charge in [0.2, 0.25) is 10.0 Å². The smallest absolute Gasteiger partial charge is 0.251 e. The highest BCUT2D eigenvalue weighted by molar-refractivity contribution is 7.88. The molecule has 1 N–H and O–H groups in total. The maximum Gasteiger partial charge on any atom is 0.251 e. The highest BCUT2D eigenvalue weighted by Crippen LogP contribution is 2.29. The second kappa shape index (κ2) is 8.59. The van der Waals surface area contributed by atoms with E-state index in [4.69, 9.17) is 16.3 Å². The monoisotopic (exact) mass is 402 g/mol. The molecular weight excluding hydrogens is 376 g/mol. The van der Waals surface area contributed by atoms with Gasteiger partial charge >= 0.3 is 0 Å². The van der Waals surface area contributed by atoms with Crippen LogP contribution in [0.15, 0.2) is 18.2 Å². The summed E-state index contributed by atoms with van der Waals surface area (Å²) in [7, 11) is -3.15. The van der Waals surface area contributed by atoms with Crippen molar-refractivity contribution in [3.05, 3.63) is 28.8 Å². The lowest BCUT2D eigenvalue weighted by Crippen LogP contribution is -2.41. The first-order chi connectivity index (χ1) is 12.1. The molecular formula is C18H27ClN2O4S. The third-order valence-electron chi connectivity index (χ3n) is 4.72. The molecule has 1 aromatic carbocycles. The van der Waals surface area contributed by atoms with Crippen molar-refractivity contribution in [3.63, 3.8) is 0 Å². The number of ether oxygens (including phenoxy) is 1. The van der Waals surface area contributed by atoms with Gasteiger partial charge in [0, 0.05) is 24.7 Å². The van der Waals surface area contributed by atoms with Gasteiger partial charge in [0.05, 0.1) is 11.3 Å². The Morgan fingerprint density at radius 3 is 2.38 bits per heavy atom. The van der Waals surface area contributed by atoms with Crippen LogP contribution in [0.25, 0.3) is 0 Å². The number of amides is 1. The maximum absolute atomic E-state index is 12.3. The number of rotatable bonds is 6. The van der Waals surface area contributed by atoms with Gasteiger partial charge in [-0.2, -0.15) is 0 Å². The number of carbonyl (C=O) groups is 1. The second-order valence-electron chi connectivity index (χ2n) is 7.13. The first-order valence-corrected chi connectivity index (χ1v) is 11.0. The summed E-state index contributed by atoms with van der Waals surface area (Å²) in [5, 5.41) is 3.32. The van der Waals surface area contributed by atoms with Crippen LogP contribution in [0.1, 0.15) is 44.0 Å². The summed E-state index contributed by atoms with van der Waals surface area (Å²) < 4.78 is 30.5. The minimum Gasteiger partial charge on any atom is -0.489 e. The molecule has 1 aliphatic rings. The SMILES string of the molecule is CC(C)[C@H](C)NC(=O)c1ccc(OC2CCN(S(C)(=O)=O)CC2)c(Cl)c1. The lowest BCUT2D eigenvalue weighted by Gasteiger charge is -2.30. The molecule has 0 radical (unpaired) electrons. The summed E-state index contributed by atoms with van der Waals surface area (Å²) in [5.74, 6) is 0.689. The Kier molecular flexibility index (Phi) is 6.93. The van der Waals surface area contributed by atoms with E-state index in [0.717, 1.165) is 0 Å². The minimum absolute atomic E-state index is 0.0669. The van der Waals surface area contributed by atoms with Crippen LogP contribution in [0.5, 0.6) is 5.75 Å². The van der Waals surface area contributed by atoms with Crippen molar-refractivity contribution in [2.75, 3.05) is 19.3 Å². The summed E-state index contributed by atoms with van der Waals surface area (Å²) in [6.45, 7) is 6.93. The van der Waals surface area contributed by atoms with Crippen LogP contribution in [-0.2, 0) is 10.0 Å². The Labute approximate surface area is 160 Å². The average molecular weight is 403 g/mol. The Morgan fingerprint density at radius 1 is 1.27 bits per heavy atom. The van der Waals surface area contributed by atoms with E-state index in [9.17, 15) is 13.2 Å². The van der Waals surface area contributed by atoms with E-state index in [2.05, 4.69) is 5.32 Å². The van der Waals surface area contributed by atoms with Gasteiger partial charge in [-0.1, -0.05) is 25.4 Å². The summed E-state index contributed by atoms with van der Waals surface area (Å²) in [6.07, 6.45) is 2.34. The van der Waals surface area contributed by atoms with Gasteiger partial charge in [-0.3, -0.25) is 4.79 Å². The molecule has 1 fully saturated rings. The molecule has 26 heavy (non-hydrogen) atoms. The van der Waals surface area contributed by atoms with Crippen molar-refractivity contribution in [3.8, 4) is 5.75 Å². The third-order valence-corrected chi connectivity index (χ3v) is 6.31. The zero-order valence-electron chi connectivity index (χ0n) is 15.7. The molecule has 2 rings (SSSR count). The van der Waals surface area contributed by atoms with Crippen molar-refractivity contribution < 1.29 is 17.9 Å². The zero-order valence-corrected chi connectivity index (χ0v) is 17.2. The van der Waals surface area contributed by atoms with E-state index in [1.165, 1.54) is 10.6 Å². The quantitative estimate of drug-likeness (QED) is 0.793. The molecule has 1 aromatic rings. The fraction of sp³-hybridized carbons (Fsp3) is 0.611. The van der Waals surface area contributed by atoms with Gasteiger partial charge < -0.3 is 10.1 Å². The largest absolute Gasteiger partial charge is 0.489 e. The number of nitrogens with one attached hydrogen (secondary N) is 1. The van der Waals surface area contributed by atoms with Crippen LogP contribution in [0.4, 0.5) is 0 Å². The summed E-state index contributed by atoms with van der Waals surface area (Å²) >= 11 is 6.28. The molecule has 1 atom stereocenters. The summed E-state index contributed by atoms with van der Waals surface area (Å²) in [4.78, 5) is 12.3. The first kappa shape index (κ1) is 21.0. The average Bonchev–Trinajstić information content (AvgIpc) is 2.56. The molecule has 1 amide bonds. The van der Waals surface area contributed by atoms with Gasteiger partial charge in [-0.15, -0.1) is 0 Å². The number of hydrogen-bond donors (Lipinski definition) is 1. The van der Waals surface area contributed by atoms with Crippen molar-refractivity contribution >= 4 is 27.5 Å². The molecule has 1 aliphatic heterocycles. The summed E-state index contributed by atoms with van der Waals surface area (Å²) in [5.41, 5.74) is 0.488. The van der Waals surface area contributed by atoms with Crippen LogP contribution >= 0.6 is 11.6 Å². The van der Waals surface area contributed by atoms with Crippen LogP contribution in [0.2, 0.25) is 5.02 Å². The lowest BCUT2D eigenvalue weighted by molar-refractivity contribution is 0.0930. The van der Waals surface area contributed by atoms with Crippen LogP contribution in [0.3, 0.4) is 0 Å². The number of nitrogens with zero attached hydrogens (tertiary/aromatic N) is 1. The predicted octanol–water partition coefficient (Wildman–Crippen LogP) is 2.92. The molecule has 146 valence electrons. The van der Waals surface area contributed by atoms with Crippen molar-refractivity contribution in [1.82, 2.24) is 9.62 Å². The molecule has 0 unspecified atom stereocenters. The molecule has 0 spiro atoms. The number of hydrogen-bond acceptors (Lipinski definition) is 4. The predicted molar refractivity (Wildman–Crippen MR) is 103 cm³/mol. The number of halogens is 1. The molecule has 0 bridgehead atoms. The Morgan fingerprint density at radius 2 is 1.88 bits per heavy atom. The minimum atomic E-state index is -3.15. The van der Waals surface area contributed by atoms with E-state index in [-0.39, 0.29) is 18.1 Å². The Bertz CT molecular complexity index is 744. The van der Waals surface area contributed by atoms with Gasteiger partial charge in [-0.25, -0.2) is 12.7 Å². The molecule has 1 saturated heterocycles. The molecule has 8 heteroatoms. The zero-order chi connectivity index (χ0) is 19.5.